The summed E-state index contributed by atoms with van der Waals surface area (Å²) in [6, 6.07) is 16.8. The summed E-state index contributed by atoms with van der Waals surface area (Å²) in [4.78, 5) is 4.73. The van der Waals surface area contributed by atoms with Crippen molar-refractivity contribution in [2.75, 3.05) is 44.2 Å². The Balaban J connectivity index is 1.49. The Kier molecular flexibility index (Phi) is 6.63. The summed E-state index contributed by atoms with van der Waals surface area (Å²) in [7, 11) is 0. The van der Waals surface area contributed by atoms with Crippen LogP contribution in [0.5, 0.6) is 5.75 Å². The summed E-state index contributed by atoms with van der Waals surface area (Å²) in [5, 5.41) is 10.5. The number of piperazine rings is 1. The van der Waals surface area contributed by atoms with Gasteiger partial charge in [-0.3, -0.25) is 4.90 Å². The molecule has 3 rings (SSSR count). The van der Waals surface area contributed by atoms with Crippen LogP contribution in [0.3, 0.4) is 0 Å². The number of hydrogen-bond donors (Lipinski definition) is 1. The minimum Gasteiger partial charge on any atom is -0.491 e. The minimum atomic E-state index is -0.489. The molecule has 4 heteroatoms. The molecule has 1 unspecified atom stereocenters. The molecule has 0 aromatic heterocycles. The van der Waals surface area contributed by atoms with Gasteiger partial charge in [0.2, 0.25) is 0 Å². The van der Waals surface area contributed by atoms with Gasteiger partial charge in [-0.25, -0.2) is 0 Å². The molecule has 152 valence electrons. The molecule has 1 N–H and O–H groups in total. The summed E-state index contributed by atoms with van der Waals surface area (Å²) in [6.07, 6.45) is -0.489. The zero-order chi connectivity index (χ0) is 20.1. The topological polar surface area (TPSA) is 35.9 Å². The van der Waals surface area contributed by atoms with Gasteiger partial charge in [0.1, 0.15) is 18.5 Å². The van der Waals surface area contributed by atoms with Crippen molar-refractivity contribution in [1.29, 1.82) is 0 Å². The molecule has 1 heterocycles. The van der Waals surface area contributed by atoms with Crippen molar-refractivity contribution in [3.8, 4) is 5.75 Å². The van der Waals surface area contributed by atoms with Gasteiger partial charge in [-0.05, 0) is 36.1 Å². The molecule has 0 bridgehead atoms. The molecule has 1 atom stereocenters. The molecule has 28 heavy (non-hydrogen) atoms. The van der Waals surface area contributed by atoms with E-state index in [1.807, 2.05) is 6.07 Å². The molecular formula is C24H34N2O2. The maximum atomic E-state index is 10.5. The summed E-state index contributed by atoms with van der Waals surface area (Å²) < 4.78 is 6.03. The number of rotatable bonds is 6. The lowest BCUT2D eigenvalue weighted by atomic mass is 9.85. The fraction of sp³-hybridized carbons (Fsp3) is 0.500. The average Bonchev–Trinajstić information content (AvgIpc) is 2.67. The quantitative estimate of drug-likeness (QED) is 0.823. The second-order valence-corrected chi connectivity index (χ2v) is 8.84. The predicted octanol–water partition coefficient (Wildman–Crippen LogP) is 3.85. The van der Waals surface area contributed by atoms with Gasteiger partial charge < -0.3 is 14.7 Å². The van der Waals surface area contributed by atoms with Gasteiger partial charge in [-0.1, -0.05) is 56.7 Å². The Labute approximate surface area is 169 Å². The van der Waals surface area contributed by atoms with Crippen molar-refractivity contribution in [2.24, 2.45) is 0 Å². The number of β-amino-alcohol motifs (C(OH)–C–C–N with tert-alkyl or cyclic N) is 1. The van der Waals surface area contributed by atoms with Crippen molar-refractivity contribution < 1.29 is 9.84 Å². The Morgan fingerprint density at radius 2 is 1.68 bits per heavy atom. The molecule has 0 radical (unpaired) electrons. The third-order valence-corrected chi connectivity index (χ3v) is 5.34. The molecule has 2 aromatic rings. The molecule has 0 amide bonds. The highest BCUT2D eigenvalue weighted by Gasteiger charge is 2.22. The van der Waals surface area contributed by atoms with E-state index in [0.717, 1.165) is 31.9 Å². The van der Waals surface area contributed by atoms with Gasteiger partial charge in [0.05, 0.1) is 0 Å². The third kappa shape index (κ3) is 5.49. The molecule has 1 aliphatic rings. The highest BCUT2D eigenvalue weighted by atomic mass is 16.5. The molecule has 1 aliphatic heterocycles. The number of aliphatic hydroxyl groups excluding tert-OH is 1. The number of nitrogens with zero attached hydrogens (tertiary/aromatic N) is 2. The Bertz CT molecular complexity index is 747. The first-order valence-corrected chi connectivity index (χ1v) is 10.3. The van der Waals surface area contributed by atoms with Crippen molar-refractivity contribution in [2.45, 2.75) is 39.2 Å². The third-order valence-electron chi connectivity index (χ3n) is 5.34. The lowest BCUT2D eigenvalue weighted by Gasteiger charge is -2.36. The molecule has 0 spiro atoms. The Morgan fingerprint density at radius 1 is 1.00 bits per heavy atom. The number of aryl methyl sites for hydroxylation is 1. The molecule has 0 aliphatic carbocycles. The Hall–Kier alpha value is -2.04. The van der Waals surface area contributed by atoms with E-state index in [9.17, 15) is 5.11 Å². The molecular weight excluding hydrogens is 348 g/mol. The molecule has 1 saturated heterocycles. The van der Waals surface area contributed by atoms with E-state index in [4.69, 9.17) is 4.74 Å². The van der Waals surface area contributed by atoms with Crippen molar-refractivity contribution in [3.63, 3.8) is 0 Å². The second kappa shape index (κ2) is 8.97. The minimum absolute atomic E-state index is 0.0140. The SMILES string of the molecule is Cc1ccc(OCC(O)CN2CCN(c3ccccc3)CC2)c(C(C)(C)C)c1. The zero-order valence-corrected chi connectivity index (χ0v) is 17.7. The van der Waals surface area contributed by atoms with Gasteiger partial charge in [0.15, 0.2) is 0 Å². The maximum Gasteiger partial charge on any atom is 0.123 e. The Morgan fingerprint density at radius 3 is 2.32 bits per heavy atom. The van der Waals surface area contributed by atoms with Crippen LogP contribution in [-0.4, -0.2) is 55.4 Å². The summed E-state index contributed by atoms with van der Waals surface area (Å²) in [5.41, 5.74) is 3.71. The van der Waals surface area contributed by atoms with Crippen molar-refractivity contribution in [1.82, 2.24) is 4.90 Å². The highest BCUT2D eigenvalue weighted by molar-refractivity contribution is 5.46. The van der Waals surface area contributed by atoms with Crippen LogP contribution in [0.15, 0.2) is 48.5 Å². The summed E-state index contributed by atoms with van der Waals surface area (Å²) in [5.74, 6) is 0.881. The first-order valence-electron chi connectivity index (χ1n) is 10.3. The van der Waals surface area contributed by atoms with Gasteiger partial charge >= 0.3 is 0 Å². The number of aliphatic hydroxyl groups is 1. The average molecular weight is 383 g/mol. The van der Waals surface area contributed by atoms with Crippen LogP contribution < -0.4 is 9.64 Å². The van der Waals surface area contributed by atoms with Crippen LogP contribution in [0.1, 0.15) is 31.9 Å². The monoisotopic (exact) mass is 382 g/mol. The van der Waals surface area contributed by atoms with Crippen molar-refractivity contribution in [3.05, 3.63) is 59.7 Å². The van der Waals surface area contributed by atoms with Gasteiger partial charge in [-0.15, -0.1) is 0 Å². The summed E-state index contributed by atoms with van der Waals surface area (Å²) in [6.45, 7) is 13.6. The van der Waals surface area contributed by atoms with Crippen LogP contribution in [0.25, 0.3) is 0 Å². The van der Waals surface area contributed by atoms with E-state index < -0.39 is 6.10 Å². The highest BCUT2D eigenvalue weighted by Crippen LogP contribution is 2.32. The normalized spacial score (nSPS) is 16.8. The number of ether oxygens (including phenoxy) is 1. The number of hydrogen-bond acceptors (Lipinski definition) is 4. The summed E-state index contributed by atoms with van der Waals surface area (Å²) >= 11 is 0. The van der Waals surface area contributed by atoms with E-state index in [2.05, 4.69) is 80.0 Å². The van der Waals surface area contributed by atoms with E-state index in [1.165, 1.54) is 16.8 Å². The number of anilines is 1. The zero-order valence-electron chi connectivity index (χ0n) is 17.7. The predicted molar refractivity (Wildman–Crippen MR) is 116 cm³/mol. The van der Waals surface area contributed by atoms with E-state index >= 15 is 0 Å². The van der Waals surface area contributed by atoms with Gasteiger partial charge in [0.25, 0.3) is 0 Å². The molecule has 0 saturated carbocycles. The second-order valence-electron chi connectivity index (χ2n) is 8.84. The number of para-hydroxylation sites is 1. The fourth-order valence-corrected chi connectivity index (χ4v) is 3.72. The number of benzene rings is 2. The largest absolute Gasteiger partial charge is 0.491 e. The molecule has 1 fully saturated rings. The first kappa shape index (κ1) is 20.7. The van der Waals surface area contributed by atoms with Gasteiger partial charge in [-0.2, -0.15) is 0 Å². The van der Waals surface area contributed by atoms with E-state index in [-0.39, 0.29) is 5.41 Å². The van der Waals surface area contributed by atoms with Crippen LogP contribution >= 0.6 is 0 Å². The molecule has 4 nitrogen and oxygen atoms in total. The lowest BCUT2D eigenvalue weighted by Crippen LogP contribution is -2.49. The van der Waals surface area contributed by atoms with Crippen molar-refractivity contribution >= 4 is 5.69 Å². The van der Waals surface area contributed by atoms with E-state index in [0.29, 0.717) is 13.2 Å². The maximum absolute atomic E-state index is 10.5. The van der Waals surface area contributed by atoms with Gasteiger partial charge in [0, 0.05) is 38.4 Å². The lowest BCUT2D eigenvalue weighted by molar-refractivity contribution is 0.0656. The van der Waals surface area contributed by atoms with Crippen LogP contribution in [0.2, 0.25) is 0 Å². The van der Waals surface area contributed by atoms with Crippen LogP contribution in [-0.2, 0) is 5.41 Å². The van der Waals surface area contributed by atoms with Crippen LogP contribution in [0, 0.1) is 6.92 Å². The smallest absolute Gasteiger partial charge is 0.123 e. The van der Waals surface area contributed by atoms with Crippen LogP contribution in [0.4, 0.5) is 5.69 Å². The standard InChI is InChI=1S/C24H34N2O2/c1-19-10-11-23(22(16-19)24(2,3)4)28-18-21(27)17-25-12-14-26(15-13-25)20-8-6-5-7-9-20/h5-11,16,21,27H,12-15,17-18H2,1-4H3. The fourth-order valence-electron chi connectivity index (χ4n) is 3.72. The van der Waals surface area contributed by atoms with E-state index in [1.54, 1.807) is 0 Å². The first-order chi connectivity index (χ1) is 13.3. The molecule has 2 aromatic carbocycles.